The van der Waals surface area contributed by atoms with Gasteiger partial charge in [-0.3, -0.25) is 0 Å². The molecule has 9 aromatic rings. The van der Waals surface area contributed by atoms with Gasteiger partial charge in [-0.2, -0.15) is 0 Å². The second-order valence-electron chi connectivity index (χ2n) is 10.3. The first kappa shape index (κ1) is 14.5. The first-order valence-electron chi connectivity index (χ1n) is 20.2. The molecule has 0 spiro atoms. The molecule has 0 bridgehead atoms. The predicted octanol–water partition coefficient (Wildman–Crippen LogP) is 12.0. The Balaban J connectivity index is 1.40. The minimum Gasteiger partial charge on any atom is -0.455 e. The van der Waals surface area contributed by atoms with E-state index in [2.05, 4.69) is 0 Å². The molecular formula is C42H26O. The van der Waals surface area contributed by atoms with Crippen molar-refractivity contribution in [2.24, 2.45) is 0 Å². The van der Waals surface area contributed by atoms with E-state index in [0.717, 1.165) is 43.8 Å². The molecule has 0 atom stereocenters. The average molecular weight is 560 g/mol. The third kappa shape index (κ3) is 3.72. The van der Waals surface area contributed by atoms with Crippen molar-refractivity contribution >= 4 is 54.3 Å². The van der Waals surface area contributed by atoms with Crippen LogP contribution in [0, 0.1) is 0 Å². The third-order valence-electron chi connectivity index (χ3n) is 7.97. The van der Waals surface area contributed by atoms with E-state index in [9.17, 15) is 2.74 Å². The van der Waals surface area contributed by atoms with Crippen molar-refractivity contribution in [2.75, 3.05) is 0 Å². The number of hydrogen-bond acceptors (Lipinski definition) is 1. The summed E-state index contributed by atoms with van der Waals surface area (Å²) in [6.07, 6.45) is 0. The van der Waals surface area contributed by atoms with Gasteiger partial charge in [-0.05, 0) is 78.3 Å². The van der Waals surface area contributed by atoms with Crippen molar-refractivity contribution in [3.63, 3.8) is 0 Å². The molecule has 0 amide bonds. The summed E-state index contributed by atoms with van der Waals surface area (Å²) in [6, 6.07) is 16.7. The smallest absolute Gasteiger partial charge is 0.143 e. The van der Waals surface area contributed by atoms with Gasteiger partial charge in [0.2, 0.25) is 0 Å². The zero-order valence-electron chi connectivity index (χ0n) is 35.4. The number of benzene rings is 8. The second-order valence-corrected chi connectivity index (χ2v) is 10.3. The van der Waals surface area contributed by atoms with Gasteiger partial charge in [-0.25, -0.2) is 0 Å². The van der Waals surface area contributed by atoms with Crippen molar-refractivity contribution in [1.82, 2.24) is 0 Å². The van der Waals surface area contributed by atoms with Crippen LogP contribution in [0.15, 0.2) is 162 Å². The number of rotatable bonds is 3. The quantitative estimate of drug-likeness (QED) is 0.196. The van der Waals surface area contributed by atoms with Crippen LogP contribution >= 0.6 is 0 Å². The van der Waals surface area contributed by atoms with Gasteiger partial charge in [-0.1, -0.05) is 139 Å². The summed E-state index contributed by atoms with van der Waals surface area (Å²) in [4.78, 5) is 0. The van der Waals surface area contributed by atoms with E-state index in [4.69, 9.17) is 19.5 Å². The highest BCUT2D eigenvalue weighted by Crippen LogP contribution is 2.44. The number of para-hydroxylation sites is 2. The van der Waals surface area contributed by atoms with Crippen LogP contribution in [-0.4, -0.2) is 0 Å². The summed E-state index contributed by atoms with van der Waals surface area (Å²) in [7, 11) is 0. The first-order chi connectivity index (χ1) is 26.7. The minimum atomic E-state index is -0.710. The summed E-state index contributed by atoms with van der Waals surface area (Å²) >= 11 is 0. The van der Waals surface area contributed by atoms with E-state index >= 15 is 0 Å². The predicted molar refractivity (Wildman–Crippen MR) is 183 cm³/mol. The maximum atomic E-state index is 9.20. The Hall–Kier alpha value is -5.66. The molecule has 1 nitrogen and oxygen atoms in total. The average Bonchev–Trinajstić information content (AvgIpc) is 3.60. The van der Waals surface area contributed by atoms with Crippen LogP contribution in [0.1, 0.15) is 17.8 Å². The fourth-order valence-corrected chi connectivity index (χ4v) is 6.08. The molecule has 0 saturated heterocycles. The van der Waals surface area contributed by atoms with Crippen molar-refractivity contribution in [3.8, 4) is 33.4 Å². The van der Waals surface area contributed by atoms with E-state index in [1.807, 2.05) is 66.7 Å². The highest BCUT2D eigenvalue weighted by Gasteiger charge is 2.17. The van der Waals surface area contributed by atoms with Crippen LogP contribution in [0.25, 0.3) is 87.6 Å². The molecule has 0 unspecified atom stereocenters. The molecule has 8 aromatic carbocycles. The zero-order chi connectivity index (χ0) is 39.6. The van der Waals surface area contributed by atoms with Crippen molar-refractivity contribution in [1.29, 1.82) is 0 Å². The Kier molecular flexibility index (Phi) is 3.18. The maximum Gasteiger partial charge on any atom is 0.143 e. The zero-order valence-corrected chi connectivity index (χ0v) is 22.4. The van der Waals surface area contributed by atoms with E-state index in [0.29, 0.717) is 5.56 Å². The Morgan fingerprint density at radius 2 is 0.977 bits per heavy atom. The summed E-state index contributed by atoms with van der Waals surface area (Å²) in [6.45, 7) is 0. The molecule has 0 radical (unpaired) electrons. The Labute approximate surface area is 267 Å². The summed E-state index contributed by atoms with van der Waals surface area (Å²) in [5.41, 5.74) is 3.00. The molecule has 200 valence electrons. The van der Waals surface area contributed by atoms with Crippen LogP contribution in [0.5, 0.6) is 0 Å². The van der Waals surface area contributed by atoms with Gasteiger partial charge in [0.1, 0.15) is 11.2 Å². The molecule has 0 N–H and O–H groups in total. The Morgan fingerprint density at radius 1 is 0.419 bits per heavy atom. The highest BCUT2D eigenvalue weighted by molar-refractivity contribution is 6.21. The lowest BCUT2D eigenvalue weighted by atomic mass is 9.85. The highest BCUT2D eigenvalue weighted by atomic mass is 16.3. The summed E-state index contributed by atoms with van der Waals surface area (Å²) in [5, 5.41) is 2.79. The lowest BCUT2D eigenvalue weighted by molar-refractivity contribution is 0.670. The first-order valence-corrected chi connectivity index (χ1v) is 13.7. The fourth-order valence-electron chi connectivity index (χ4n) is 6.08. The number of hydrogen-bond donors (Lipinski definition) is 0. The molecule has 1 aromatic heterocycles. The van der Waals surface area contributed by atoms with Crippen molar-refractivity contribution in [3.05, 3.63) is 157 Å². The van der Waals surface area contributed by atoms with Crippen LogP contribution in [0.4, 0.5) is 0 Å². The van der Waals surface area contributed by atoms with Crippen LogP contribution in [0.3, 0.4) is 0 Å². The lowest BCUT2D eigenvalue weighted by Crippen LogP contribution is -1.90. The molecule has 0 aliphatic rings. The van der Waals surface area contributed by atoms with Gasteiger partial charge in [0.05, 0.1) is 17.8 Å². The molecule has 1 heteroatoms. The van der Waals surface area contributed by atoms with Crippen LogP contribution in [-0.2, 0) is 0 Å². The molecule has 9 rings (SSSR count). The second kappa shape index (κ2) is 9.44. The number of furan rings is 1. The van der Waals surface area contributed by atoms with E-state index in [-0.39, 0.29) is 32.7 Å². The summed E-state index contributed by atoms with van der Waals surface area (Å²) in [5.74, 6) is 0. The normalized spacial score (nSPS) is 16.0. The van der Waals surface area contributed by atoms with E-state index in [1.54, 1.807) is 12.1 Å². The topological polar surface area (TPSA) is 13.1 Å². The minimum absolute atomic E-state index is 0.0862. The third-order valence-corrected chi connectivity index (χ3v) is 7.97. The van der Waals surface area contributed by atoms with Crippen LogP contribution < -0.4 is 0 Å². The number of fused-ring (bicyclic) bond motifs is 6. The van der Waals surface area contributed by atoms with Gasteiger partial charge >= 0.3 is 0 Å². The van der Waals surface area contributed by atoms with Gasteiger partial charge in [0, 0.05) is 16.3 Å². The fraction of sp³-hybridized carbons (Fsp3) is 0. The van der Waals surface area contributed by atoms with Crippen molar-refractivity contribution < 1.29 is 22.2 Å². The van der Waals surface area contributed by atoms with Gasteiger partial charge in [0.15, 0.2) is 0 Å². The molecule has 0 aliphatic carbocycles. The Bertz CT molecular complexity index is 3130. The van der Waals surface area contributed by atoms with Gasteiger partial charge in [0.25, 0.3) is 0 Å². The van der Waals surface area contributed by atoms with E-state index < -0.39 is 84.1 Å². The van der Waals surface area contributed by atoms with E-state index in [1.165, 1.54) is 0 Å². The van der Waals surface area contributed by atoms with Crippen molar-refractivity contribution in [2.45, 2.75) is 0 Å². The van der Waals surface area contributed by atoms with Gasteiger partial charge in [-0.15, -0.1) is 0 Å². The molecule has 43 heavy (non-hydrogen) atoms. The molecule has 0 saturated carbocycles. The monoisotopic (exact) mass is 559 g/mol. The summed E-state index contributed by atoms with van der Waals surface area (Å²) < 4.78 is 120. The maximum absolute atomic E-state index is 9.20. The van der Waals surface area contributed by atoms with Crippen LogP contribution in [0.2, 0.25) is 0 Å². The lowest BCUT2D eigenvalue weighted by Gasteiger charge is -2.18. The molecule has 0 aliphatic heterocycles. The standard InChI is InChI=1S/C42H26O/c1-2-11-27(12-3-1)40-34-14-4-6-16-36(34)41(37-17-7-5-15-35(37)40)31-24-22-28-25-30(23-21-29(28)26-31)32-18-10-19-38-33-13-8-9-20-39(33)43-42(32)38/h1-26H/i1D,2D,3D,4D,5D,6D,7D,11D,12D,14D,15D,16D,17D. The largest absolute Gasteiger partial charge is 0.455 e. The van der Waals surface area contributed by atoms with Gasteiger partial charge < -0.3 is 4.42 Å². The molecular weight excluding hydrogens is 520 g/mol. The SMILES string of the molecule is [2H]c1c([2H])c([2H])c(-c2c3c([2H])c([2H])c([2H])c([2H])c3c(-c3ccc4cc(-c5cccc6c5oc5ccccc56)ccc4c3)c3c([2H])c([2H])c([2H])c([2H])c23)c([2H])c1[2H]. The molecule has 1 heterocycles. The Morgan fingerprint density at radius 3 is 1.67 bits per heavy atom. The molecule has 0 fully saturated rings.